The lowest BCUT2D eigenvalue weighted by molar-refractivity contribution is -0.138. The normalized spacial score (nSPS) is 10.0. The largest absolute Gasteiger partial charge is 0.463 e. The van der Waals surface area contributed by atoms with E-state index in [1.54, 1.807) is 19.9 Å². The number of benzene rings is 1. The van der Waals surface area contributed by atoms with Crippen molar-refractivity contribution in [1.29, 1.82) is 0 Å². The Balaban J connectivity index is 0.000000304. The fourth-order valence-corrected chi connectivity index (χ4v) is 0.818. The van der Waals surface area contributed by atoms with E-state index in [0.717, 1.165) is 5.56 Å². The number of esters is 1. The molecular weight excluding hydrogens is 200 g/mol. The lowest BCUT2D eigenvalue weighted by Crippen LogP contribution is -2.03. The van der Waals surface area contributed by atoms with Crippen LogP contribution in [-0.4, -0.2) is 12.6 Å². The molecule has 2 nitrogen and oxygen atoms in total. The molecule has 0 aliphatic carbocycles. The molecule has 0 aromatic heterocycles. The summed E-state index contributed by atoms with van der Waals surface area (Å²) in [5, 5.41) is 0. The van der Waals surface area contributed by atoms with E-state index in [1.807, 2.05) is 30.3 Å². The molecule has 0 amide bonds. The molecule has 2 heteroatoms. The highest BCUT2D eigenvalue weighted by atomic mass is 16.5. The van der Waals surface area contributed by atoms with Gasteiger partial charge in [0.1, 0.15) is 0 Å². The number of rotatable bonds is 3. The predicted octanol–water partition coefficient (Wildman–Crippen LogP) is 3.46. The lowest BCUT2D eigenvalue weighted by Gasteiger charge is -1.96. The first-order valence-electron chi connectivity index (χ1n) is 5.62. The van der Waals surface area contributed by atoms with Crippen molar-refractivity contribution in [2.24, 2.45) is 0 Å². The zero-order chi connectivity index (χ0) is 13.1. The lowest BCUT2D eigenvalue weighted by atomic mass is 10.2. The van der Waals surface area contributed by atoms with Crippen LogP contribution in [-0.2, 0) is 9.53 Å². The molecule has 0 heterocycles. The quantitative estimate of drug-likeness (QED) is 0.575. The molecule has 16 heavy (non-hydrogen) atoms. The summed E-state index contributed by atoms with van der Waals surface area (Å²) in [5.41, 5.74) is 1.53. The van der Waals surface area contributed by atoms with Crippen LogP contribution >= 0.6 is 0 Å². The zero-order valence-electron chi connectivity index (χ0n) is 10.8. The van der Waals surface area contributed by atoms with E-state index in [1.165, 1.54) is 6.55 Å². The molecule has 0 aliphatic heterocycles. The van der Waals surface area contributed by atoms with Gasteiger partial charge in [-0.25, -0.2) is 4.79 Å². The molecule has 1 rings (SSSR count). The average Bonchev–Trinajstić information content (AvgIpc) is 2.32. The van der Waals surface area contributed by atoms with Crippen LogP contribution in [0.2, 0.25) is 0 Å². The first-order valence-corrected chi connectivity index (χ1v) is 5.04. The van der Waals surface area contributed by atoms with E-state index < -0.39 is 0 Å². The van der Waals surface area contributed by atoms with Crippen LogP contribution in [0.5, 0.6) is 0 Å². The van der Waals surface area contributed by atoms with E-state index >= 15 is 0 Å². The summed E-state index contributed by atoms with van der Waals surface area (Å²) in [4.78, 5) is 10.4. The highest BCUT2D eigenvalue weighted by Crippen LogP contribution is 1.97. The molecule has 0 atom stereocenters. The van der Waals surface area contributed by atoms with Crippen molar-refractivity contribution in [2.75, 3.05) is 6.61 Å². The predicted molar refractivity (Wildman–Crippen MR) is 68.0 cm³/mol. The van der Waals surface area contributed by atoms with Crippen LogP contribution in [0.25, 0.3) is 6.08 Å². The Morgan fingerprint density at radius 1 is 1.50 bits per heavy atom. The summed E-state index contributed by atoms with van der Waals surface area (Å²) < 4.78 is 11.3. The van der Waals surface area contributed by atoms with Gasteiger partial charge in [0.2, 0.25) is 0 Å². The van der Waals surface area contributed by atoms with Crippen LogP contribution in [0.1, 0.15) is 20.8 Å². The minimum Gasteiger partial charge on any atom is -0.463 e. The van der Waals surface area contributed by atoms with Gasteiger partial charge >= 0.3 is 5.97 Å². The highest BCUT2D eigenvalue weighted by Gasteiger charge is 1.98. The molecule has 0 N–H and O–H groups in total. The molecule has 0 spiro atoms. The number of hydrogen-bond donors (Lipinski definition) is 0. The van der Waals surface area contributed by atoms with Gasteiger partial charge in [0.15, 0.2) is 0 Å². The maximum absolute atomic E-state index is 10.4. The van der Waals surface area contributed by atoms with Crippen molar-refractivity contribution >= 4 is 12.0 Å². The van der Waals surface area contributed by atoms with E-state index in [0.29, 0.717) is 12.2 Å². The molecule has 0 unspecified atom stereocenters. The summed E-state index contributed by atoms with van der Waals surface area (Å²) in [7, 11) is 0. The maximum atomic E-state index is 10.4. The van der Waals surface area contributed by atoms with Crippen LogP contribution in [0.3, 0.4) is 0 Å². The van der Waals surface area contributed by atoms with Crippen molar-refractivity contribution < 1.29 is 10.9 Å². The third-order valence-electron chi connectivity index (χ3n) is 1.62. The number of carbonyl (C=O) groups is 1. The smallest absolute Gasteiger partial charge is 0.333 e. The Bertz CT molecular complexity index is 369. The van der Waals surface area contributed by atoms with Gasteiger partial charge in [-0.15, -0.1) is 0 Å². The minimum atomic E-state index is -0.312. The van der Waals surface area contributed by atoms with Crippen molar-refractivity contribution in [2.45, 2.75) is 13.8 Å². The second-order valence-corrected chi connectivity index (χ2v) is 3.08. The Labute approximate surface area is 98.7 Å². The molecule has 0 fully saturated rings. The standard InChI is InChI=1S/C8H8.C6H10O2/c1-2-8-6-4-3-5-7-8;1-4-8-6(7)5(2)3/h2-7H,1H2;2,4H2,1,3H3/i1D;. The zero-order valence-corrected chi connectivity index (χ0v) is 9.77. The SMILES string of the molecule is C=C(C)C(=O)OCC.[2H]C=Cc1ccccc1. The van der Waals surface area contributed by atoms with Gasteiger partial charge in [-0.3, -0.25) is 0 Å². The van der Waals surface area contributed by atoms with E-state index in [-0.39, 0.29) is 5.97 Å². The van der Waals surface area contributed by atoms with E-state index in [4.69, 9.17) is 1.37 Å². The van der Waals surface area contributed by atoms with Gasteiger partial charge in [0, 0.05) is 5.57 Å². The van der Waals surface area contributed by atoms with Gasteiger partial charge in [-0.2, -0.15) is 0 Å². The van der Waals surface area contributed by atoms with Gasteiger partial charge < -0.3 is 4.74 Å². The van der Waals surface area contributed by atoms with Crippen LogP contribution < -0.4 is 0 Å². The molecule has 86 valence electrons. The van der Waals surface area contributed by atoms with Crippen LogP contribution in [0.4, 0.5) is 0 Å². The third kappa shape index (κ3) is 6.60. The van der Waals surface area contributed by atoms with Gasteiger partial charge in [0.05, 0.1) is 7.98 Å². The second kappa shape index (κ2) is 8.48. The highest BCUT2D eigenvalue weighted by molar-refractivity contribution is 5.86. The Morgan fingerprint density at radius 2 is 2.12 bits per heavy atom. The Hall–Kier alpha value is -1.83. The summed E-state index contributed by atoms with van der Waals surface area (Å²) in [6, 6.07) is 9.79. The number of hydrogen-bond acceptors (Lipinski definition) is 2. The Kier molecular flexibility index (Phi) is 6.48. The first kappa shape index (κ1) is 12.2. The first-order chi connectivity index (χ1) is 8.11. The fourth-order valence-electron chi connectivity index (χ4n) is 0.818. The topological polar surface area (TPSA) is 26.3 Å². The van der Waals surface area contributed by atoms with Crippen molar-refractivity contribution in [1.82, 2.24) is 0 Å². The third-order valence-corrected chi connectivity index (χ3v) is 1.62. The van der Waals surface area contributed by atoms with Gasteiger partial charge in [-0.1, -0.05) is 49.5 Å². The summed E-state index contributed by atoms with van der Waals surface area (Å²) in [6.07, 6.45) is 1.75. The van der Waals surface area contributed by atoms with Gasteiger partial charge in [-0.05, 0) is 19.4 Å². The van der Waals surface area contributed by atoms with Crippen LogP contribution in [0.15, 0.2) is 49.0 Å². The minimum absolute atomic E-state index is 0.312. The van der Waals surface area contributed by atoms with E-state index in [2.05, 4.69) is 11.3 Å². The summed E-state index contributed by atoms with van der Waals surface area (Å²) >= 11 is 0. The summed E-state index contributed by atoms with van der Waals surface area (Å²) in [5.74, 6) is -0.312. The Morgan fingerprint density at radius 3 is 2.50 bits per heavy atom. The molecule has 0 aliphatic rings. The van der Waals surface area contributed by atoms with Crippen molar-refractivity contribution in [3.05, 3.63) is 54.6 Å². The molecule has 0 saturated carbocycles. The number of carbonyl (C=O) groups excluding carboxylic acids is 1. The van der Waals surface area contributed by atoms with E-state index in [9.17, 15) is 4.79 Å². The van der Waals surface area contributed by atoms with Crippen molar-refractivity contribution in [3.8, 4) is 0 Å². The second-order valence-electron chi connectivity index (χ2n) is 3.08. The average molecular weight is 219 g/mol. The van der Waals surface area contributed by atoms with Gasteiger partial charge in [0.25, 0.3) is 0 Å². The maximum Gasteiger partial charge on any atom is 0.333 e. The fraction of sp³-hybridized carbons (Fsp3) is 0.214. The molecule has 1 aromatic rings. The molecular formula is C14H18O2. The molecule has 0 saturated heterocycles. The van der Waals surface area contributed by atoms with Crippen molar-refractivity contribution in [3.63, 3.8) is 0 Å². The molecule has 0 bridgehead atoms. The monoisotopic (exact) mass is 219 g/mol. The number of ether oxygens (including phenoxy) is 1. The summed E-state index contributed by atoms with van der Waals surface area (Å²) in [6.45, 7) is 8.50. The van der Waals surface area contributed by atoms with Crippen LogP contribution in [0, 0.1) is 0 Å². The molecule has 1 aromatic carbocycles. The molecule has 0 radical (unpaired) electrons.